The van der Waals surface area contributed by atoms with Gasteiger partial charge in [0.15, 0.2) is 0 Å². The summed E-state index contributed by atoms with van der Waals surface area (Å²) in [6, 6.07) is 19.4. The normalized spacial score (nSPS) is 12.1. The molecule has 0 heterocycles. The highest BCUT2D eigenvalue weighted by Crippen LogP contribution is 2.42. The summed E-state index contributed by atoms with van der Waals surface area (Å²) in [5, 5.41) is 10.7. The standard InChI is InChI=1S/C35H44O4/c1-8-34(37,9-2)19-18-28-13-14-29(20-25(28)5)35(10-3,11-4)30-15-16-31(26(6)21-30)32-22-27(23-39-24-36)12-17-33(32)38-7/h12-22,24,37H,8-11,23H2,1-7H3. The molecule has 0 aliphatic carbocycles. The number of rotatable bonds is 13. The zero-order valence-corrected chi connectivity index (χ0v) is 24.6. The molecule has 4 nitrogen and oxygen atoms in total. The maximum absolute atomic E-state index is 10.7. The zero-order valence-electron chi connectivity index (χ0n) is 24.6. The summed E-state index contributed by atoms with van der Waals surface area (Å²) in [6.07, 6.45) is 7.35. The minimum Gasteiger partial charge on any atom is -0.496 e. The third-order valence-electron chi connectivity index (χ3n) is 8.48. The van der Waals surface area contributed by atoms with Gasteiger partial charge in [0.25, 0.3) is 6.47 Å². The molecule has 0 saturated heterocycles. The lowest BCUT2D eigenvalue weighted by molar-refractivity contribution is -0.129. The summed E-state index contributed by atoms with van der Waals surface area (Å²) in [7, 11) is 1.68. The Bertz CT molecular complexity index is 1300. The molecule has 39 heavy (non-hydrogen) atoms. The van der Waals surface area contributed by atoms with Crippen LogP contribution in [0.2, 0.25) is 0 Å². The average molecular weight is 529 g/mol. The van der Waals surface area contributed by atoms with Crippen molar-refractivity contribution in [3.63, 3.8) is 0 Å². The summed E-state index contributed by atoms with van der Waals surface area (Å²) in [5.41, 5.74) is 8.23. The molecule has 0 unspecified atom stereocenters. The van der Waals surface area contributed by atoms with Crippen molar-refractivity contribution in [3.8, 4) is 16.9 Å². The van der Waals surface area contributed by atoms with E-state index in [1.54, 1.807) is 7.11 Å². The molecule has 0 aliphatic heterocycles. The lowest BCUT2D eigenvalue weighted by Crippen LogP contribution is -2.26. The van der Waals surface area contributed by atoms with Gasteiger partial charge in [-0.2, -0.15) is 0 Å². The molecular formula is C35H44O4. The maximum Gasteiger partial charge on any atom is 0.293 e. The van der Waals surface area contributed by atoms with Gasteiger partial charge < -0.3 is 14.6 Å². The Labute approximate surface area is 234 Å². The maximum atomic E-state index is 10.7. The predicted molar refractivity (Wildman–Crippen MR) is 161 cm³/mol. The van der Waals surface area contributed by atoms with E-state index < -0.39 is 5.60 Å². The minimum absolute atomic E-state index is 0.117. The van der Waals surface area contributed by atoms with E-state index in [0.717, 1.165) is 40.8 Å². The summed E-state index contributed by atoms with van der Waals surface area (Å²) in [6.45, 7) is 13.6. The number of hydrogen-bond acceptors (Lipinski definition) is 4. The van der Waals surface area contributed by atoms with Gasteiger partial charge in [-0.05, 0) is 90.6 Å². The lowest BCUT2D eigenvalue weighted by atomic mass is 9.69. The van der Waals surface area contributed by atoms with Gasteiger partial charge >= 0.3 is 0 Å². The second-order valence-corrected chi connectivity index (χ2v) is 10.5. The van der Waals surface area contributed by atoms with Crippen LogP contribution in [0.15, 0.2) is 60.7 Å². The second-order valence-electron chi connectivity index (χ2n) is 10.5. The number of hydrogen-bond donors (Lipinski definition) is 1. The van der Waals surface area contributed by atoms with Crippen molar-refractivity contribution in [2.75, 3.05) is 7.11 Å². The van der Waals surface area contributed by atoms with Crippen molar-refractivity contribution in [2.45, 2.75) is 84.8 Å². The first-order valence-corrected chi connectivity index (χ1v) is 14.1. The van der Waals surface area contributed by atoms with Gasteiger partial charge in [-0.25, -0.2) is 0 Å². The van der Waals surface area contributed by atoms with Gasteiger partial charge in [0.05, 0.1) is 12.7 Å². The Morgan fingerprint density at radius 1 is 0.795 bits per heavy atom. The topological polar surface area (TPSA) is 55.8 Å². The first-order chi connectivity index (χ1) is 18.7. The van der Waals surface area contributed by atoms with Crippen molar-refractivity contribution in [1.29, 1.82) is 0 Å². The van der Waals surface area contributed by atoms with Crippen LogP contribution in [-0.2, 0) is 21.6 Å². The Morgan fingerprint density at radius 2 is 1.44 bits per heavy atom. The van der Waals surface area contributed by atoms with Gasteiger partial charge in [-0.3, -0.25) is 4.79 Å². The van der Waals surface area contributed by atoms with Crippen LogP contribution >= 0.6 is 0 Å². The molecule has 0 atom stereocenters. The molecule has 208 valence electrons. The number of carbonyl (C=O) groups excluding carboxylic acids is 1. The molecule has 0 bridgehead atoms. The summed E-state index contributed by atoms with van der Waals surface area (Å²) >= 11 is 0. The Kier molecular flexibility index (Phi) is 10.2. The van der Waals surface area contributed by atoms with Crippen LogP contribution < -0.4 is 4.74 Å². The lowest BCUT2D eigenvalue weighted by Gasteiger charge is -2.34. The van der Waals surface area contributed by atoms with E-state index in [2.05, 4.69) is 70.2 Å². The fourth-order valence-electron chi connectivity index (χ4n) is 5.57. The molecule has 0 aliphatic rings. The minimum atomic E-state index is -0.759. The quantitative estimate of drug-likeness (QED) is 0.227. The molecule has 3 aromatic rings. The molecule has 0 saturated carbocycles. The number of benzene rings is 3. The van der Waals surface area contributed by atoms with E-state index in [0.29, 0.717) is 19.3 Å². The third-order valence-corrected chi connectivity index (χ3v) is 8.48. The van der Waals surface area contributed by atoms with Crippen molar-refractivity contribution in [2.24, 2.45) is 0 Å². The largest absolute Gasteiger partial charge is 0.496 e. The van der Waals surface area contributed by atoms with Gasteiger partial charge in [0, 0.05) is 11.0 Å². The van der Waals surface area contributed by atoms with E-state index >= 15 is 0 Å². The van der Waals surface area contributed by atoms with Gasteiger partial charge in [0.2, 0.25) is 0 Å². The highest BCUT2D eigenvalue weighted by Gasteiger charge is 2.31. The van der Waals surface area contributed by atoms with Gasteiger partial charge in [0.1, 0.15) is 12.4 Å². The fourth-order valence-corrected chi connectivity index (χ4v) is 5.57. The van der Waals surface area contributed by atoms with Crippen LogP contribution in [0.5, 0.6) is 5.75 Å². The van der Waals surface area contributed by atoms with Gasteiger partial charge in [-0.15, -0.1) is 0 Å². The number of methoxy groups -OCH3 is 1. The number of ether oxygens (including phenoxy) is 2. The van der Waals surface area contributed by atoms with Crippen LogP contribution in [0.3, 0.4) is 0 Å². The van der Waals surface area contributed by atoms with E-state index in [-0.39, 0.29) is 12.0 Å². The highest BCUT2D eigenvalue weighted by molar-refractivity contribution is 5.74. The fraction of sp³-hybridized carbons (Fsp3) is 0.400. The van der Waals surface area contributed by atoms with Crippen LogP contribution in [-0.4, -0.2) is 24.3 Å². The van der Waals surface area contributed by atoms with E-state index in [1.807, 2.05) is 38.1 Å². The van der Waals surface area contributed by atoms with E-state index in [9.17, 15) is 9.90 Å². The first kappa shape index (κ1) is 30.2. The number of aliphatic hydroxyl groups is 1. The molecule has 0 aromatic heterocycles. The van der Waals surface area contributed by atoms with Crippen molar-refractivity contribution >= 4 is 12.5 Å². The second kappa shape index (κ2) is 13.1. The van der Waals surface area contributed by atoms with Crippen molar-refractivity contribution in [3.05, 3.63) is 94.1 Å². The average Bonchev–Trinajstić information content (AvgIpc) is 2.96. The molecule has 0 amide bonds. The van der Waals surface area contributed by atoms with Crippen LogP contribution in [0, 0.1) is 13.8 Å². The smallest absolute Gasteiger partial charge is 0.293 e. The Balaban J connectivity index is 2.04. The first-order valence-electron chi connectivity index (χ1n) is 14.1. The van der Waals surface area contributed by atoms with Crippen LogP contribution in [0.1, 0.15) is 86.8 Å². The molecule has 3 rings (SSSR count). The molecule has 3 aromatic carbocycles. The molecule has 0 radical (unpaired) electrons. The number of aryl methyl sites for hydroxylation is 2. The van der Waals surface area contributed by atoms with Crippen LogP contribution in [0.4, 0.5) is 0 Å². The Morgan fingerprint density at radius 3 is 1.97 bits per heavy atom. The molecule has 4 heteroatoms. The van der Waals surface area contributed by atoms with E-state index in [4.69, 9.17) is 9.47 Å². The predicted octanol–water partition coefficient (Wildman–Crippen LogP) is 8.32. The monoisotopic (exact) mass is 528 g/mol. The zero-order chi connectivity index (χ0) is 28.6. The SMILES string of the molecule is CCC(O)(C=Cc1ccc(C(CC)(CC)c2ccc(-c3cc(COC=O)ccc3OC)c(C)c2)cc1C)CC. The van der Waals surface area contributed by atoms with Crippen LogP contribution in [0.25, 0.3) is 17.2 Å². The molecular weight excluding hydrogens is 484 g/mol. The van der Waals surface area contributed by atoms with Crippen molar-refractivity contribution < 1.29 is 19.4 Å². The highest BCUT2D eigenvalue weighted by atomic mass is 16.5. The third kappa shape index (κ3) is 6.45. The van der Waals surface area contributed by atoms with Crippen molar-refractivity contribution in [1.82, 2.24) is 0 Å². The summed E-state index contributed by atoms with van der Waals surface area (Å²) in [4.78, 5) is 10.7. The Hall–Kier alpha value is -3.37. The van der Waals surface area contributed by atoms with E-state index in [1.165, 1.54) is 22.3 Å². The number of carbonyl (C=O) groups is 1. The summed E-state index contributed by atoms with van der Waals surface area (Å²) < 4.78 is 10.7. The van der Waals surface area contributed by atoms with Gasteiger partial charge in [-0.1, -0.05) is 82.3 Å². The molecule has 0 fully saturated rings. The molecule has 0 spiro atoms. The molecule has 1 N–H and O–H groups in total. The summed E-state index contributed by atoms with van der Waals surface area (Å²) in [5.74, 6) is 0.787.